The van der Waals surface area contributed by atoms with Crippen LogP contribution >= 0.6 is 0 Å². The van der Waals surface area contributed by atoms with Gasteiger partial charge in [0.15, 0.2) is 5.76 Å². The average molecular weight is 314 g/mol. The first-order chi connectivity index (χ1) is 11.2. The third-order valence-corrected chi connectivity index (χ3v) is 4.34. The quantitative estimate of drug-likeness (QED) is 0.944. The number of likely N-dealkylation sites (tertiary alicyclic amines) is 1. The number of nitrogens with zero attached hydrogens (tertiary/aromatic N) is 1. The van der Waals surface area contributed by atoms with E-state index in [1.165, 1.54) is 0 Å². The van der Waals surface area contributed by atoms with E-state index in [-0.39, 0.29) is 17.7 Å². The number of carbonyl (C=O) groups excluding carboxylic acids is 2. The molecule has 0 saturated carbocycles. The van der Waals surface area contributed by atoms with Crippen LogP contribution in [0.1, 0.15) is 36.7 Å². The molecule has 0 aliphatic carbocycles. The summed E-state index contributed by atoms with van der Waals surface area (Å²) in [4.78, 5) is 26.3. The van der Waals surface area contributed by atoms with Crippen molar-refractivity contribution in [2.75, 3.05) is 19.6 Å². The molecule has 122 valence electrons. The lowest BCUT2D eigenvalue weighted by molar-refractivity contribution is -0.126. The van der Waals surface area contributed by atoms with Crippen molar-refractivity contribution in [1.29, 1.82) is 0 Å². The molecule has 23 heavy (non-hydrogen) atoms. The molecule has 0 unspecified atom stereocenters. The van der Waals surface area contributed by atoms with Gasteiger partial charge in [0.1, 0.15) is 5.58 Å². The number of nitrogens with one attached hydrogen (secondary N) is 1. The van der Waals surface area contributed by atoms with Crippen molar-refractivity contribution < 1.29 is 14.0 Å². The second-order valence-corrected chi connectivity index (χ2v) is 6.01. The summed E-state index contributed by atoms with van der Waals surface area (Å²) in [6.07, 6.45) is 2.36. The van der Waals surface area contributed by atoms with Crippen LogP contribution in [-0.2, 0) is 4.79 Å². The Labute approximate surface area is 135 Å². The van der Waals surface area contributed by atoms with Crippen LogP contribution in [0, 0.1) is 5.92 Å². The van der Waals surface area contributed by atoms with Crippen LogP contribution in [0.2, 0.25) is 0 Å². The zero-order valence-electron chi connectivity index (χ0n) is 13.4. The Morgan fingerprint density at radius 2 is 2.00 bits per heavy atom. The zero-order chi connectivity index (χ0) is 16.2. The van der Waals surface area contributed by atoms with Crippen LogP contribution < -0.4 is 5.32 Å². The predicted octanol–water partition coefficient (Wildman–Crippen LogP) is 2.81. The lowest BCUT2D eigenvalue weighted by Crippen LogP contribution is -2.43. The third-order valence-electron chi connectivity index (χ3n) is 4.34. The van der Waals surface area contributed by atoms with E-state index in [0.29, 0.717) is 31.7 Å². The fraction of sp³-hybridized carbons (Fsp3) is 0.444. The number of fused-ring (bicyclic) bond motifs is 1. The largest absolute Gasteiger partial charge is 0.451 e. The van der Waals surface area contributed by atoms with Gasteiger partial charge in [-0.1, -0.05) is 25.1 Å². The maximum Gasteiger partial charge on any atom is 0.289 e. The summed E-state index contributed by atoms with van der Waals surface area (Å²) >= 11 is 0. The van der Waals surface area contributed by atoms with Gasteiger partial charge in [-0.3, -0.25) is 9.59 Å². The normalized spacial score (nSPS) is 15.8. The molecule has 5 nitrogen and oxygen atoms in total. The molecule has 2 aromatic rings. The molecule has 0 spiro atoms. The minimum atomic E-state index is -0.0892. The lowest BCUT2D eigenvalue weighted by atomic mass is 9.95. The highest BCUT2D eigenvalue weighted by Gasteiger charge is 2.28. The Balaban J connectivity index is 1.61. The molecule has 1 aromatic carbocycles. The van der Waals surface area contributed by atoms with Crippen molar-refractivity contribution in [1.82, 2.24) is 10.2 Å². The van der Waals surface area contributed by atoms with Crippen molar-refractivity contribution in [3.63, 3.8) is 0 Å². The molecule has 3 rings (SSSR count). The number of amides is 2. The van der Waals surface area contributed by atoms with Crippen molar-refractivity contribution in [3.8, 4) is 0 Å². The van der Waals surface area contributed by atoms with Crippen molar-refractivity contribution in [2.24, 2.45) is 5.92 Å². The Morgan fingerprint density at radius 3 is 2.70 bits per heavy atom. The lowest BCUT2D eigenvalue weighted by Gasteiger charge is -2.30. The molecule has 1 aliphatic rings. The van der Waals surface area contributed by atoms with Crippen molar-refractivity contribution >= 4 is 22.8 Å². The van der Waals surface area contributed by atoms with Crippen molar-refractivity contribution in [3.05, 3.63) is 36.1 Å². The van der Waals surface area contributed by atoms with E-state index in [1.807, 2.05) is 31.2 Å². The van der Waals surface area contributed by atoms with E-state index >= 15 is 0 Å². The number of furan rings is 1. The highest BCUT2D eigenvalue weighted by atomic mass is 16.3. The number of rotatable bonds is 4. The van der Waals surface area contributed by atoms with Gasteiger partial charge in [0.05, 0.1) is 0 Å². The number of para-hydroxylation sites is 1. The summed E-state index contributed by atoms with van der Waals surface area (Å²) in [6, 6.07) is 9.39. The van der Waals surface area contributed by atoms with E-state index in [4.69, 9.17) is 4.42 Å². The molecular weight excluding hydrogens is 292 g/mol. The minimum Gasteiger partial charge on any atom is -0.451 e. The fourth-order valence-electron chi connectivity index (χ4n) is 2.98. The number of piperidine rings is 1. The van der Waals surface area contributed by atoms with Crippen LogP contribution in [-0.4, -0.2) is 36.3 Å². The number of hydrogen-bond acceptors (Lipinski definition) is 3. The summed E-state index contributed by atoms with van der Waals surface area (Å²) in [5, 5.41) is 3.87. The van der Waals surface area contributed by atoms with Gasteiger partial charge in [0.25, 0.3) is 5.91 Å². The highest BCUT2D eigenvalue weighted by molar-refractivity contribution is 5.96. The maximum absolute atomic E-state index is 12.5. The van der Waals surface area contributed by atoms with Gasteiger partial charge in [-0.15, -0.1) is 0 Å². The molecule has 0 bridgehead atoms. The molecule has 0 atom stereocenters. The van der Waals surface area contributed by atoms with Gasteiger partial charge in [-0.05, 0) is 31.4 Å². The molecule has 0 radical (unpaired) electrons. The number of carbonyl (C=O) groups is 2. The van der Waals surface area contributed by atoms with Crippen molar-refractivity contribution in [2.45, 2.75) is 26.2 Å². The van der Waals surface area contributed by atoms with Gasteiger partial charge in [0, 0.05) is 30.9 Å². The molecule has 1 N–H and O–H groups in total. The summed E-state index contributed by atoms with van der Waals surface area (Å²) in [5.74, 6) is 0.415. The standard InChI is InChI=1S/C18H22N2O3/c1-2-9-19-17(21)13-7-10-20(11-8-13)18(22)16-12-14-5-3-4-6-15(14)23-16/h3-6,12-13H,2,7-11H2,1H3,(H,19,21). The Morgan fingerprint density at radius 1 is 1.26 bits per heavy atom. The average Bonchev–Trinajstić information content (AvgIpc) is 3.03. The molecule has 1 saturated heterocycles. The van der Waals surface area contributed by atoms with Gasteiger partial charge in [-0.2, -0.15) is 0 Å². The van der Waals surface area contributed by atoms with Crippen LogP contribution in [0.25, 0.3) is 11.0 Å². The Kier molecular flexibility index (Phi) is 4.65. The first kappa shape index (κ1) is 15.6. The Bertz CT molecular complexity index is 666. The van der Waals surface area contributed by atoms with E-state index in [0.717, 1.165) is 23.9 Å². The first-order valence-electron chi connectivity index (χ1n) is 8.24. The number of hydrogen-bond donors (Lipinski definition) is 1. The van der Waals surface area contributed by atoms with Crippen LogP contribution in [0.4, 0.5) is 0 Å². The summed E-state index contributed by atoms with van der Waals surface area (Å²) in [7, 11) is 0. The molecule has 5 heteroatoms. The highest BCUT2D eigenvalue weighted by Crippen LogP contribution is 2.23. The van der Waals surface area contributed by atoms with E-state index < -0.39 is 0 Å². The van der Waals surface area contributed by atoms with Gasteiger partial charge in [0.2, 0.25) is 5.91 Å². The van der Waals surface area contributed by atoms with Crippen LogP contribution in [0.3, 0.4) is 0 Å². The SMILES string of the molecule is CCCNC(=O)C1CCN(C(=O)c2cc3ccccc3o2)CC1. The predicted molar refractivity (Wildman–Crippen MR) is 88.1 cm³/mol. The summed E-state index contributed by atoms with van der Waals surface area (Å²) in [5.41, 5.74) is 0.727. The van der Waals surface area contributed by atoms with E-state index in [9.17, 15) is 9.59 Å². The molecule has 2 amide bonds. The van der Waals surface area contributed by atoms with Gasteiger partial charge < -0.3 is 14.6 Å². The molecule has 1 aliphatic heterocycles. The smallest absolute Gasteiger partial charge is 0.289 e. The van der Waals surface area contributed by atoms with Gasteiger partial charge >= 0.3 is 0 Å². The first-order valence-corrected chi connectivity index (χ1v) is 8.24. The monoisotopic (exact) mass is 314 g/mol. The van der Waals surface area contributed by atoms with Crippen LogP contribution in [0.15, 0.2) is 34.7 Å². The summed E-state index contributed by atoms with van der Waals surface area (Å²) in [6.45, 7) is 3.95. The van der Waals surface area contributed by atoms with Crippen LogP contribution in [0.5, 0.6) is 0 Å². The minimum absolute atomic E-state index is 0.0151. The Hall–Kier alpha value is -2.30. The second-order valence-electron chi connectivity index (χ2n) is 6.01. The van der Waals surface area contributed by atoms with E-state index in [1.54, 1.807) is 11.0 Å². The maximum atomic E-state index is 12.5. The fourth-order valence-corrected chi connectivity index (χ4v) is 2.98. The van der Waals surface area contributed by atoms with E-state index in [2.05, 4.69) is 5.32 Å². The third kappa shape index (κ3) is 3.38. The topological polar surface area (TPSA) is 62.6 Å². The van der Waals surface area contributed by atoms with Gasteiger partial charge in [-0.25, -0.2) is 0 Å². The molecular formula is C18H22N2O3. The molecule has 1 fully saturated rings. The zero-order valence-corrected chi connectivity index (χ0v) is 13.4. The molecule has 1 aromatic heterocycles. The second kappa shape index (κ2) is 6.86. The number of benzene rings is 1. The summed E-state index contributed by atoms with van der Waals surface area (Å²) < 4.78 is 5.64. The molecule has 2 heterocycles.